The van der Waals surface area contributed by atoms with Crippen molar-refractivity contribution in [2.45, 2.75) is 0 Å². The molecule has 0 saturated carbocycles. The van der Waals surface area contributed by atoms with Crippen molar-refractivity contribution in [2.24, 2.45) is 0 Å². The molecular formula is C13H9N2O. The van der Waals surface area contributed by atoms with Crippen LogP contribution in [0.3, 0.4) is 0 Å². The van der Waals surface area contributed by atoms with Crippen LogP contribution in [-0.2, 0) is 0 Å². The third-order valence-electron chi connectivity index (χ3n) is 2.01. The van der Waals surface area contributed by atoms with Gasteiger partial charge in [0.2, 0.25) is 5.78 Å². The summed E-state index contributed by atoms with van der Waals surface area (Å²) in [5, 5.41) is 0. The number of benzene rings is 1. The average molecular weight is 209 g/mol. The lowest BCUT2D eigenvalue weighted by Crippen LogP contribution is -1.97. The molecule has 0 N–H and O–H groups in total. The van der Waals surface area contributed by atoms with Gasteiger partial charge >= 0.3 is 0 Å². The summed E-state index contributed by atoms with van der Waals surface area (Å²) in [6.07, 6.45) is 7.13. The third-order valence-corrected chi connectivity index (χ3v) is 2.01. The van der Waals surface area contributed by atoms with Crippen molar-refractivity contribution in [1.29, 1.82) is 0 Å². The highest BCUT2D eigenvalue weighted by atomic mass is 16.1. The summed E-state index contributed by atoms with van der Waals surface area (Å²) in [6, 6.07) is 11.2. The zero-order chi connectivity index (χ0) is 11.2. The fourth-order valence-corrected chi connectivity index (χ4v) is 1.22. The van der Waals surface area contributed by atoms with Gasteiger partial charge in [-0.3, -0.25) is 4.79 Å². The van der Waals surface area contributed by atoms with Gasteiger partial charge in [-0.1, -0.05) is 36.4 Å². The molecule has 0 atom stereocenters. The topological polar surface area (TPSA) is 42.9 Å². The van der Waals surface area contributed by atoms with Gasteiger partial charge in [-0.05, 0) is 17.7 Å². The van der Waals surface area contributed by atoms with Gasteiger partial charge in [-0.2, -0.15) is 0 Å². The molecule has 0 spiro atoms. The summed E-state index contributed by atoms with van der Waals surface area (Å²) in [5.41, 5.74) is 1.33. The van der Waals surface area contributed by atoms with Crippen LogP contribution in [0.2, 0.25) is 0 Å². The molecule has 1 aromatic carbocycles. The van der Waals surface area contributed by atoms with Gasteiger partial charge in [0.05, 0.1) is 0 Å². The van der Waals surface area contributed by atoms with Crippen molar-refractivity contribution >= 4 is 11.9 Å². The number of carbonyl (C=O) groups excluding carboxylic acids is 1. The van der Waals surface area contributed by atoms with E-state index in [0.717, 1.165) is 5.56 Å². The fraction of sp³-hybridized carbons (Fsp3) is 0. The van der Waals surface area contributed by atoms with Crippen molar-refractivity contribution in [2.75, 3.05) is 0 Å². The highest BCUT2D eigenvalue weighted by Gasteiger charge is 2.01. The van der Waals surface area contributed by atoms with Gasteiger partial charge in [0, 0.05) is 6.20 Å². The second-order valence-electron chi connectivity index (χ2n) is 3.15. The Morgan fingerprint density at radius 2 is 2.00 bits per heavy atom. The molecule has 1 aromatic heterocycles. The molecule has 0 bridgehead atoms. The number of hydrogen-bond donors (Lipinski definition) is 0. The number of aromatic nitrogens is 2. The molecule has 0 aliphatic rings. The van der Waals surface area contributed by atoms with Crippen molar-refractivity contribution in [3.63, 3.8) is 0 Å². The summed E-state index contributed by atoms with van der Waals surface area (Å²) in [6.45, 7) is 0. The Labute approximate surface area is 93.5 Å². The Balaban J connectivity index is 2.12. The molecule has 3 nitrogen and oxygen atoms in total. The van der Waals surface area contributed by atoms with Crippen LogP contribution >= 0.6 is 0 Å². The first-order valence-corrected chi connectivity index (χ1v) is 4.83. The Hall–Kier alpha value is -2.29. The second kappa shape index (κ2) is 4.98. The lowest BCUT2D eigenvalue weighted by Gasteiger charge is -1.93. The van der Waals surface area contributed by atoms with Crippen LogP contribution in [0.5, 0.6) is 0 Å². The molecule has 0 fully saturated rings. The molecule has 1 radical (unpaired) electrons. The molecule has 0 amide bonds. The molecule has 0 aliphatic heterocycles. The summed E-state index contributed by atoms with van der Waals surface area (Å²) in [7, 11) is 0. The third kappa shape index (κ3) is 2.60. The van der Waals surface area contributed by atoms with E-state index in [9.17, 15) is 4.79 Å². The van der Waals surface area contributed by atoms with Crippen molar-refractivity contribution in [3.05, 3.63) is 66.3 Å². The lowest BCUT2D eigenvalue weighted by atomic mass is 10.2. The van der Waals surface area contributed by atoms with Crippen LogP contribution in [-0.4, -0.2) is 15.8 Å². The zero-order valence-corrected chi connectivity index (χ0v) is 8.50. The summed E-state index contributed by atoms with van der Waals surface area (Å²) in [4.78, 5) is 19.0. The quantitative estimate of drug-likeness (QED) is 0.574. The molecule has 2 aromatic rings. The number of allylic oxidation sites excluding steroid dienone is 1. The Kier molecular flexibility index (Phi) is 3.18. The molecule has 1 heterocycles. The van der Waals surface area contributed by atoms with Crippen molar-refractivity contribution in [3.8, 4) is 0 Å². The van der Waals surface area contributed by atoms with Crippen LogP contribution in [0.25, 0.3) is 6.08 Å². The lowest BCUT2D eigenvalue weighted by molar-refractivity contribution is 0.104. The van der Waals surface area contributed by atoms with E-state index in [1.165, 1.54) is 12.3 Å². The van der Waals surface area contributed by atoms with Crippen molar-refractivity contribution < 1.29 is 4.79 Å². The maximum atomic E-state index is 11.6. The van der Waals surface area contributed by atoms with Gasteiger partial charge in [0.15, 0.2) is 6.33 Å². The summed E-state index contributed by atoms with van der Waals surface area (Å²) >= 11 is 0. The summed E-state index contributed by atoms with van der Waals surface area (Å²) < 4.78 is 0. The van der Waals surface area contributed by atoms with E-state index in [-0.39, 0.29) is 5.78 Å². The molecule has 77 valence electrons. The number of nitrogens with zero attached hydrogens (tertiary/aromatic N) is 2. The van der Waals surface area contributed by atoms with E-state index in [0.29, 0.717) is 5.69 Å². The van der Waals surface area contributed by atoms with Gasteiger partial charge in [-0.15, -0.1) is 0 Å². The molecule has 2 rings (SSSR count). The number of hydrogen-bond acceptors (Lipinski definition) is 3. The summed E-state index contributed by atoms with van der Waals surface area (Å²) in [5.74, 6) is -0.150. The molecular weight excluding hydrogens is 200 g/mol. The van der Waals surface area contributed by atoms with Gasteiger partial charge in [0.1, 0.15) is 5.69 Å². The van der Waals surface area contributed by atoms with Crippen LogP contribution in [0.1, 0.15) is 16.1 Å². The minimum absolute atomic E-state index is 0.150. The fourth-order valence-electron chi connectivity index (χ4n) is 1.22. The van der Waals surface area contributed by atoms with Crippen LogP contribution in [0.4, 0.5) is 0 Å². The smallest absolute Gasteiger partial charge is 0.204 e. The van der Waals surface area contributed by atoms with E-state index in [4.69, 9.17) is 0 Å². The van der Waals surface area contributed by atoms with E-state index in [2.05, 4.69) is 16.3 Å². The van der Waals surface area contributed by atoms with Gasteiger partial charge < -0.3 is 0 Å². The molecule has 0 unspecified atom stereocenters. The highest BCUT2D eigenvalue weighted by molar-refractivity contribution is 6.05. The SMILES string of the molecule is O=C(C=Cc1ccccc1)c1ccn[c]n1. The maximum absolute atomic E-state index is 11.6. The molecule has 0 aliphatic carbocycles. The Morgan fingerprint density at radius 1 is 1.19 bits per heavy atom. The van der Waals surface area contributed by atoms with E-state index in [1.807, 2.05) is 30.3 Å². The van der Waals surface area contributed by atoms with Gasteiger partial charge in [-0.25, -0.2) is 9.97 Å². The minimum Gasteiger partial charge on any atom is -0.288 e. The Morgan fingerprint density at radius 3 is 2.69 bits per heavy atom. The number of rotatable bonds is 3. The van der Waals surface area contributed by atoms with E-state index >= 15 is 0 Å². The largest absolute Gasteiger partial charge is 0.288 e. The number of carbonyl (C=O) groups is 1. The monoisotopic (exact) mass is 209 g/mol. The first kappa shape index (κ1) is 10.2. The molecule has 3 heteroatoms. The maximum Gasteiger partial charge on any atom is 0.204 e. The van der Waals surface area contributed by atoms with Crippen LogP contribution < -0.4 is 0 Å². The first-order valence-electron chi connectivity index (χ1n) is 4.83. The Bertz CT molecular complexity index is 492. The number of ketones is 1. The van der Waals surface area contributed by atoms with E-state index < -0.39 is 0 Å². The van der Waals surface area contributed by atoms with Crippen molar-refractivity contribution in [1.82, 2.24) is 9.97 Å². The molecule has 0 saturated heterocycles. The normalized spacial score (nSPS) is 10.5. The predicted molar refractivity (Wildman–Crippen MR) is 60.7 cm³/mol. The predicted octanol–water partition coefficient (Wildman–Crippen LogP) is 2.17. The highest BCUT2D eigenvalue weighted by Crippen LogP contribution is 2.03. The zero-order valence-electron chi connectivity index (χ0n) is 8.50. The second-order valence-corrected chi connectivity index (χ2v) is 3.15. The first-order chi connectivity index (χ1) is 7.86. The van der Waals surface area contributed by atoms with Crippen LogP contribution in [0, 0.1) is 6.33 Å². The average Bonchev–Trinajstić information content (AvgIpc) is 2.38. The standard InChI is InChI=1S/C13H9N2O/c16-13(12-8-9-14-10-15-12)7-6-11-4-2-1-3-5-11/h1-9H. The van der Waals surface area contributed by atoms with E-state index in [1.54, 1.807) is 12.1 Å². The van der Waals surface area contributed by atoms with Crippen LogP contribution in [0.15, 0.2) is 48.7 Å². The minimum atomic E-state index is -0.150. The van der Waals surface area contributed by atoms with Gasteiger partial charge in [0.25, 0.3) is 0 Å². The molecule has 16 heavy (non-hydrogen) atoms.